The Morgan fingerprint density at radius 2 is 2.08 bits per heavy atom. The maximum atomic E-state index is 9.07. The molecule has 4 N–H and O–H groups in total. The Balaban J connectivity index is 1.78. The standard InChI is InChI=1S/C17H30N6O2/c1-11-14(12(2)22-21-11)9-23(3)16-8-15(13-4-7-25-10-13)19-17(20-16)18-5-6-24/h8,11-14,21-22,24H,4-7,9-10H2,1-3H3,(H,18,19,20). The molecule has 1 aromatic heterocycles. The van der Waals surface area contributed by atoms with Gasteiger partial charge in [0.1, 0.15) is 5.82 Å². The van der Waals surface area contributed by atoms with E-state index in [1.807, 2.05) is 0 Å². The van der Waals surface area contributed by atoms with Gasteiger partial charge in [0.25, 0.3) is 0 Å². The summed E-state index contributed by atoms with van der Waals surface area (Å²) in [4.78, 5) is 11.5. The fourth-order valence-electron chi connectivity index (χ4n) is 3.51. The molecule has 1 aromatic rings. The highest BCUT2D eigenvalue weighted by Crippen LogP contribution is 2.27. The smallest absolute Gasteiger partial charge is 0.224 e. The first kappa shape index (κ1) is 18.3. The Bertz CT molecular complexity index is 556. The molecular weight excluding hydrogens is 320 g/mol. The summed E-state index contributed by atoms with van der Waals surface area (Å²) in [7, 11) is 2.07. The number of nitrogens with one attached hydrogen (secondary N) is 3. The molecule has 8 heteroatoms. The van der Waals surface area contributed by atoms with E-state index in [1.54, 1.807) is 0 Å². The molecule has 2 fully saturated rings. The fourth-order valence-corrected chi connectivity index (χ4v) is 3.51. The number of aromatic nitrogens is 2. The molecule has 0 saturated carbocycles. The zero-order chi connectivity index (χ0) is 17.8. The molecule has 25 heavy (non-hydrogen) atoms. The van der Waals surface area contributed by atoms with Crippen molar-refractivity contribution in [3.05, 3.63) is 11.8 Å². The van der Waals surface area contributed by atoms with Crippen LogP contribution in [0, 0.1) is 5.92 Å². The maximum absolute atomic E-state index is 9.07. The summed E-state index contributed by atoms with van der Waals surface area (Å²) in [6.45, 7) is 7.30. The summed E-state index contributed by atoms with van der Waals surface area (Å²) in [5.74, 6) is 2.29. The predicted octanol–water partition coefficient (Wildman–Crippen LogP) is 0.322. The van der Waals surface area contributed by atoms with E-state index < -0.39 is 0 Å². The molecule has 2 aliphatic rings. The zero-order valence-electron chi connectivity index (χ0n) is 15.3. The van der Waals surface area contributed by atoms with Crippen LogP contribution in [0.4, 0.5) is 11.8 Å². The van der Waals surface area contributed by atoms with Crippen LogP contribution in [0.2, 0.25) is 0 Å². The van der Waals surface area contributed by atoms with Gasteiger partial charge in [-0.2, -0.15) is 4.98 Å². The Morgan fingerprint density at radius 1 is 1.32 bits per heavy atom. The van der Waals surface area contributed by atoms with E-state index in [2.05, 4.69) is 58.0 Å². The zero-order valence-corrected chi connectivity index (χ0v) is 15.3. The van der Waals surface area contributed by atoms with Crippen LogP contribution < -0.4 is 21.1 Å². The minimum Gasteiger partial charge on any atom is -0.395 e. The van der Waals surface area contributed by atoms with Gasteiger partial charge >= 0.3 is 0 Å². The molecule has 3 atom stereocenters. The van der Waals surface area contributed by atoms with Gasteiger partial charge in [0.2, 0.25) is 5.95 Å². The third-order valence-corrected chi connectivity index (χ3v) is 5.17. The van der Waals surface area contributed by atoms with Gasteiger partial charge in [-0.1, -0.05) is 0 Å². The van der Waals surface area contributed by atoms with Crippen LogP contribution in [0.15, 0.2) is 6.07 Å². The lowest BCUT2D eigenvalue weighted by Gasteiger charge is -2.27. The van der Waals surface area contributed by atoms with Crippen LogP contribution in [0.1, 0.15) is 31.9 Å². The van der Waals surface area contributed by atoms with E-state index in [-0.39, 0.29) is 6.61 Å². The first-order chi connectivity index (χ1) is 12.1. The quantitative estimate of drug-likeness (QED) is 0.559. The van der Waals surface area contributed by atoms with E-state index in [0.29, 0.717) is 43.0 Å². The number of hydrogen-bond acceptors (Lipinski definition) is 8. The molecule has 8 nitrogen and oxygen atoms in total. The molecule has 0 bridgehead atoms. The van der Waals surface area contributed by atoms with E-state index in [1.165, 1.54) is 0 Å². The summed E-state index contributed by atoms with van der Waals surface area (Å²) in [6.07, 6.45) is 0.990. The Hall–Kier alpha value is -1.48. The van der Waals surface area contributed by atoms with Crippen LogP contribution in [0.3, 0.4) is 0 Å². The fraction of sp³-hybridized carbons (Fsp3) is 0.765. The van der Waals surface area contributed by atoms with E-state index >= 15 is 0 Å². The second kappa shape index (κ2) is 8.27. The summed E-state index contributed by atoms with van der Waals surface area (Å²) < 4.78 is 5.52. The number of anilines is 2. The van der Waals surface area contributed by atoms with Gasteiger partial charge in [-0.05, 0) is 20.3 Å². The van der Waals surface area contributed by atoms with Crippen LogP contribution in [-0.2, 0) is 4.74 Å². The minimum atomic E-state index is 0.0553. The minimum absolute atomic E-state index is 0.0553. The second-order valence-corrected chi connectivity index (χ2v) is 7.10. The monoisotopic (exact) mass is 350 g/mol. The number of ether oxygens (including phenoxy) is 1. The summed E-state index contributed by atoms with van der Waals surface area (Å²) in [6, 6.07) is 2.90. The van der Waals surface area contributed by atoms with Crippen molar-refractivity contribution >= 4 is 11.8 Å². The van der Waals surface area contributed by atoms with E-state index in [4.69, 9.17) is 9.84 Å². The van der Waals surface area contributed by atoms with Crippen molar-refractivity contribution in [2.45, 2.75) is 38.3 Å². The molecule has 0 radical (unpaired) electrons. The number of aliphatic hydroxyl groups excluding tert-OH is 1. The van der Waals surface area contributed by atoms with Crippen molar-refractivity contribution in [1.82, 2.24) is 20.8 Å². The van der Waals surface area contributed by atoms with Gasteiger partial charge in [-0.25, -0.2) is 4.98 Å². The molecule has 140 valence electrons. The molecular formula is C17H30N6O2. The van der Waals surface area contributed by atoms with Crippen molar-refractivity contribution in [3.8, 4) is 0 Å². The number of hydrogen-bond donors (Lipinski definition) is 4. The normalized spacial score (nSPS) is 29.1. The largest absolute Gasteiger partial charge is 0.395 e. The molecule has 2 aliphatic heterocycles. The van der Waals surface area contributed by atoms with Crippen molar-refractivity contribution in [1.29, 1.82) is 0 Å². The van der Waals surface area contributed by atoms with Crippen LogP contribution in [-0.4, -0.2) is 67.1 Å². The SMILES string of the molecule is CC1NNC(C)C1CN(C)c1cc(C2CCOC2)nc(NCCO)n1. The third kappa shape index (κ3) is 4.38. The molecule has 0 amide bonds. The van der Waals surface area contributed by atoms with Crippen LogP contribution >= 0.6 is 0 Å². The van der Waals surface area contributed by atoms with Crippen molar-refractivity contribution in [2.75, 3.05) is 50.2 Å². The highest BCUT2D eigenvalue weighted by molar-refractivity contribution is 5.45. The van der Waals surface area contributed by atoms with Gasteiger partial charge in [0, 0.05) is 56.7 Å². The topological polar surface area (TPSA) is 94.6 Å². The second-order valence-electron chi connectivity index (χ2n) is 7.10. The first-order valence-electron chi connectivity index (χ1n) is 9.12. The van der Waals surface area contributed by atoms with Gasteiger partial charge in [-0.3, -0.25) is 10.9 Å². The Kier molecular flexibility index (Phi) is 6.06. The molecule has 2 saturated heterocycles. The lowest BCUT2D eigenvalue weighted by molar-refractivity contribution is 0.193. The molecule has 3 heterocycles. The molecule has 0 aromatic carbocycles. The molecule has 3 unspecified atom stereocenters. The van der Waals surface area contributed by atoms with Crippen LogP contribution in [0.25, 0.3) is 0 Å². The average Bonchev–Trinajstić information content (AvgIpc) is 3.25. The molecule has 0 spiro atoms. The third-order valence-electron chi connectivity index (χ3n) is 5.17. The van der Waals surface area contributed by atoms with Gasteiger partial charge < -0.3 is 20.1 Å². The van der Waals surface area contributed by atoms with E-state index in [9.17, 15) is 0 Å². The lowest BCUT2D eigenvalue weighted by Crippen LogP contribution is -2.36. The lowest BCUT2D eigenvalue weighted by atomic mass is 9.96. The van der Waals surface area contributed by atoms with Crippen molar-refractivity contribution in [3.63, 3.8) is 0 Å². The predicted molar refractivity (Wildman–Crippen MR) is 97.7 cm³/mol. The summed E-state index contributed by atoms with van der Waals surface area (Å²) in [5, 5.41) is 12.2. The Morgan fingerprint density at radius 3 is 2.72 bits per heavy atom. The molecule has 3 rings (SSSR count). The van der Waals surface area contributed by atoms with Gasteiger partial charge in [0.15, 0.2) is 0 Å². The van der Waals surface area contributed by atoms with Gasteiger partial charge in [-0.15, -0.1) is 0 Å². The average molecular weight is 350 g/mol. The number of hydrazine groups is 1. The van der Waals surface area contributed by atoms with Gasteiger partial charge in [0.05, 0.1) is 18.9 Å². The molecule has 0 aliphatic carbocycles. The number of nitrogens with zero attached hydrogens (tertiary/aromatic N) is 3. The number of aliphatic hydroxyl groups is 1. The Labute approximate surface area is 149 Å². The van der Waals surface area contributed by atoms with E-state index in [0.717, 1.165) is 31.1 Å². The van der Waals surface area contributed by atoms with Crippen LogP contribution in [0.5, 0.6) is 0 Å². The van der Waals surface area contributed by atoms with Crippen molar-refractivity contribution in [2.24, 2.45) is 5.92 Å². The highest BCUT2D eigenvalue weighted by atomic mass is 16.5. The summed E-state index contributed by atoms with van der Waals surface area (Å²) >= 11 is 0. The first-order valence-corrected chi connectivity index (χ1v) is 9.12. The number of rotatable bonds is 7. The van der Waals surface area contributed by atoms with Crippen molar-refractivity contribution < 1.29 is 9.84 Å². The highest BCUT2D eigenvalue weighted by Gasteiger charge is 2.31. The summed E-state index contributed by atoms with van der Waals surface area (Å²) in [5.41, 5.74) is 7.62. The maximum Gasteiger partial charge on any atom is 0.224 e.